The van der Waals surface area contributed by atoms with Crippen LogP contribution in [-0.2, 0) is 32.6 Å². The monoisotopic (exact) mass is 522 g/mol. The first-order valence-corrected chi connectivity index (χ1v) is 12.2. The molecule has 2 aromatic rings. The lowest BCUT2D eigenvalue weighted by Crippen LogP contribution is -2.51. The van der Waals surface area contributed by atoms with E-state index in [4.69, 9.17) is 14.7 Å². The molecule has 11 nitrogen and oxygen atoms in total. The summed E-state index contributed by atoms with van der Waals surface area (Å²) in [7, 11) is 6.10. The second-order valence-corrected chi connectivity index (χ2v) is 8.61. The van der Waals surface area contributed by atoms with Crippen LogP contribution in [0.25, 0.3) is 10.9 Å². The third-order valence-corrected chi connectivity index (χ3v) is 6.08. The Kier molecular flexibility index (Phi) is 13.8. The van der Waals surface area contributed by atoms with Crippen molar-refractivity contribution < 1.29 is 34.5 Å². The number of fused-ring (bicyclic) bond motifs is 1. The first kappa shape index (κ1) is 32.0. The zero-order chi connectivity index (χ0) is 28.1. The van der Waals surface area contributed by atoms with Crippen molar-refractivity contribution >= 4 is 28.4 Å². The van der Waals surface area contributed by atoms with Crippen LogP contribution in [0.1, 0.15) is 26.3 Å². The van der Waals surface area contributed by atoms with E-state index >= 15 is 0 Å². The molecule has 11 heteroatoms. The first-order valence-electron chi connectivity index (χ1n) is 12.2. The molecule has 0 aliphatic carbocycles. The Hall–Kier alpha value is -2.99. The normalized spacial score (nSPS) is 13.8. The molecular weight excluding hydrogens is 480 g/mol. The minimum absolute atomic E-state index is 0.149. The summed E-state index contributed by atoms with van der Waals surface area (Å²) in [6.45, 7) is 5.68. The molecule has 0 saturated carbocycles. The molecule has 1 aromatic carbocycles. The third-order valence-electron chi connectivity index (χ3n) is 6.08. The van der Waals surface area contributed by atoms with E-state index in [0.717, 1.165) is 23.6 Å². The number of likely N-dealkylation sites (N-methyl/N-ethyl adjacent to an activating group) is 2. The van der Waals surface area contributed by atoms with E-state index < -0.39 is 30.8 Å². The van der Waals surface area contributed by atoms with Gasteiger partial charge in [0.15, 0.2) is 6.61 Å². The van der Waals surface area contributed by atoms with Gasteiger partial charge in [0.25, 0.3) is 5.91 Å². The van der Waals surface area contributed by atoms with Crippen molar-refractivity contribution in [3.05, 3.63) is 36.0 Å². The highest BCUT2D eigenvalue weighted by Gasteiger charge is 2.31. The van der Waals surface area contributed by atoms with Gasteiger partial charge in [-0.05, 0) is 32.4 Å². The van der Waals surface area contributed by atoms with Crippen molar-refractivity contribution in [2.45, 2.75) is 45.4 Å². The minimum atomic E-state index is -1.19. The standard InChI is InChI=1S/C25H38N4O6.CH4O/c1-7-29(12-13-34-6)25(33)22(14-19-15-27(4)21-11-9-8-10-20(19)21)28(5)23(31)16-35-26-17(2)24(32)18(3)30;1-2/h8-11,15,18,22,24,30,32H,7,12-14,16H2,1-6H3;2H,1H3/b26-17-;. The van der Waals surface area contributed by atoms with Gasteiger partial charge in [-0.15, -0.1) is 0 Å². The average molecular weight is 523 g/mol. The lowest BCUT2D eigenvalue weighted by Gasteiger charge is -2.32. The summed E-state index contributed by atoms with van der Waals surface area (Å²) >= 11 is 0. The van der Waals surface area contributed by atoms with Crippen molar-refractivity contribution in [2.24, 2.45) is 12.2 Å². The summed E-state index contributed by atoms with van der Waals surface area (Å²) in [4.78, 5) is 34.7. The van der Waals surface area contributed by atoms with Crippen molar-refractivity contribution in [3.8, 4) is 0 Å². The van der Waals surface area contributed by atoms with Crippen LogP contribution in [0.2, 0.25) is 0 Å². The average Bonchev–Trinajstić information content (AvgIpc) is 3.22. The van der Waals surface area contributed by atoms with Gasteiger partial charge in [-0.25, -0.2) is 0 Å². The molecule has 3 N–H and O–H groups in total. The van der Waals surface area contributed by atoms with Crippen molar-refractivity contribution in [2.75, 3.05) is 47.6 Å². The number of hydrogen-bond donors (Lipinski definition) is 3. The Morgan fingerprint density at radius 1 is 1.19 bits per heavy atom. The van der Waals surface area contributed by atoms with Crippen LogP contribution in [0.3, 0.4) is 0 Å². The van der Waals surface area contributed by atoms with E-state index in [0.29, 0.717) is 26.1 Å². The fraction of sp³-hybridized carbons (Fsp3) is 0.577. The Morgan fingerprint density at radius 3 is 2.43 bits per heavy atom. The number of amides is 2. The molecule has 1 heterocycles. The summed E-state index contributed by atoms with van der Waals surface area (Å²) in [5.41, 5.74) is 2.15. The molecule has 37 heavy (non-hydrogen) atoms. The number of benzene rings is 1. The largest absolute Gasteiger partial charge is 0.400 e. The smallest absolute Gasteiger partial charge is 0.263 e. The molecule has 1 aromatic heterocycles. The predicted octanol–water partition coefficient (Wildman–Crippen LogP) is 0.785. The topological polar surface area (TPSA) is 137 Å². The molecule has 2 rings (SSSR count). The van der Waals surface area contributed by atoms with Gasteiger partial charge in [-0.2, -0.15) is 0 Å². The number of rotatable bonds is 13. The van der Waals surface area contributed by atoms with Crippen LogP contribution >= 0.6 is 0 Å². The second-order valence-electron chi connectivity index (χ2n) is 8.61. The maximum absolute atomic E-state index is 13.6. The molecule has 0 radical (unpaired) electrons. The number of oxime groups is 1. The number of aromatic nitrogens is 1. The van der Waals surface area contributed by atoms with E-state index in [9.17, 15) is 19.8 Å². The first-order chi connectivity index (χ1) is 17.6. The number of carbonyl (C=O) groups is 2. The number of ether oxygens (including phenoxy) is 1. The van der Waals surface area contributed by atoms with Crippen LogP contribution < -0.4 is 0 Å². The van der Waals surface area contributed by atoms with E-state index in [-0.39, 0.29) is 11.6 Å². The van der Waals surface area contributed by atoms with Crippen molar-refractivity contribution in [1.82, 2.24) is 14.4 Å². The Labute approximate surface area is 218 Å². The highest BCUT2D eigenvalue weighted by molar-refractivity contribution is 5.90. The van der Waals surface area contributed by atoms with Gasteiger partial charge in [0.1, 0.15) is 12.1 Å². The van der Waals surface area contributed by atoms with Gasteiger partial charge < -0.3 is 39.3 Å². The summed E-state index contributed by atoms with van der Waals surface area (Å²) in [5.74, 6) is -0.619. The van der Waals surface area contributed by atoms with Gasteiger partial charge in [0.2, 0.25) is 5.91 Å². The fourth-order valence-corrected chi connectivity index (χ4v) is 3.89. The number of aryl methyl sites for hydroxylation is 1. The molecule has 0 fully saturated rings. The zero-order valence-corrected chi connectivity index (χ0v) is 22.9. The lowest BCUT2D eigenvalue weighted by atomic mass is 10.0. The van der Waals surface area contributed by atoms with Gasteiger partial charge in [0, 0.05) is 64.9 Å². The second kappa shape index (κ2) is 16.0. The van der Waals surface area contributed by atoms with Crippen LogP contribution in [0.15, 0.2) is 35.6 Å². The van der Waals surface area contributed by atoms with Crippen LogP contribution in [0, 0.1) is 0 Å². The molecule has 2 amide bonds. The van der Waals surface area contributed by atoms with E-state index in [1.54, 1.807) is 19.1 Å². The van der Waals surface area contributed by atoms with Crippen molar-refractivity contribution in [3.63, 3.8) is 0 Å². The highest BCUT2D eigenvalue weighted by Crippen LogP contribution is 2.23. The number of nitrogens with zero attached hydrogens (tertiary/aromatic N) is 4. The van der Waals surface area contributed by atoms with Crippen molar-refractivity contribution in [1.29, 1.82) is 0 Å². The molecule has 3 unspecified atom stereocenters. The number of aliphatic hydroxyl groups is 3. The minimum Gasteiger partial charge on any atom is -0.400 e. The Balaban J connectivity index is 0.00000334. The molecule has 3 atom stereocenters. The molecule has 0 saturated heterocycles. The zero-order valence-electron chi connectivity index (χ0n) is 22.9. The summed E-state index contributed by atoms with van der Waals surface area (Å²) in [5, 5.41) is 31.0. The van der Waals surface area contributed by atoms with E-state index in [1.807, 2.05) is 49.0 Å². The predicted molar refractivity (Wildman–Crippen MR) is 142 cm³/mol. The van der Waals surface area contributed by atoms with E-state index in [1.165, 1.54) is 18.7 Å². The summed E-state index contributed by atoms with van der Waals surface area (Å²) < 4.78 is 7.16. The quantitative estimate of drug-likeness (QED) is 0.261. The lowest BCUT2D eigenvalue weighted by molar-refractivity contribution is -0.147. The number of methoxy groups -OCH3 is 1. The fourth-order valence-electron chi connectivity index (χ4n) is 3.89. The number of carbonyl (C=O) groups excluding carboxylic acids is 2. The van der Waals surface area contributed by atoms with Crippen LogP contribution in [0.5, 0.6) is 0 Å². The molecule has 208 valence electrons. The summed E-state index contributed by atoms with van der Waals surface area (Å²) in [6.07, 6.45) is 0.101. The number of hydrogen-bond acceptors (Lipinski definition) is 8. The molecular formula is C26H42N4O7. The maximum Gasteiger partial charge on any atom is 0.263 e. The molecule has 0 aliphatic rings. The third kappa shape index (κ3) is 8.81. The van der Waals surface area contributed by atoms with Gasteiger partial charge in [0.05, 0.1) is 18.4 Å². The highest BCUT2D eigenvalue weighted by atomic mass is 16.6. The van der Waals surface area contributed by atoms with Gasteiger partial charge in [-0.3, -0.25) is 9.59 Å². The van der Waals surface area contributed by atoms with Crippen LogP contribution in [-0.4, -0.2) is 113 Å². The summed E-state index contributed by atoms with van der Waals surface area (Å²) in [6, 6.07) is 7.16. The molecule has 0 bridgehead atoms. The molecule has 0 spiro atoms. The SMILES string of the molecule is CCN(CCOC)C(=O)C(Cc1cn(C)c2ccccc12)N(C)C(=O)CO/N=C(/C)C(O)C(C)O.CO. The van der Waals surface area contributed by atoms with Gasteiger partial charge >= 0.3 is 0 Å². The molecule has 0 aliphatic heterocycles. The van der Waals surface area contributed by atoms with Crippen LogP contribution in [0.4, 0.5) is 0 Å². The Bertz CT molecular complexity index is 1020. The Morgan fingerprint density at radius 2 is 1.84 bits per heavy atom. The number of para-hydroxylation sites is 1. The van der Waals surface area contributed by atoms with Gasteiger partial charge in [-0.1, -0.05) is 23.4 Å². The maximum atomic E-state index is 13.6. The number of aliphatic hydroxyl groups excluding tert-OH is 3. The van der Waals surface area contributed by atoms with E-state index in [2.05, 4.69) is 5.16 Å².